The Balaban J connectivity index is 1.42. The molecule has 152 valence electrons. The van der Waals surface area contributed by atoms with Gasteiger partial charge >= 0.3 is 0 Å². The average Bonchev–Trinajstić information content (AvgIpc) is 2.77. The van der Waals surface area contributed by atoms with Crippen LogP contribution in [0.5, 0.6) is 11.5 Å². The number of piperidine rings is 1. The molecular weight excluding hydrogens is 374 g/mol. The molecule has 1 atom stereocenters. The molecule has 0 radical (unpaired) electrons. The van der Waals surface area contributed by atoms with Gasteiger partial charge in [0.25, 0.3) is 11.6 Å². The summed E-state index contributed by atoms with van der Waals surface area (Å²) in [6, 6.07) is 12.0. The Morgan fingerprint density at radius 1 is 1.14 bits per heavy atom. The molecule has 8 nitrogen and oxygen atoms in total. The monoisotopic (exact) mass is 397 g/mol. The summed E-state index contributed by atoms with van der Waals surface area (Å²) in [6.07, 6.45) is 2.86. The van der Waals surface area contributed by atoms with Gasteiger partial charge in [-0.1, -0.05) is 12.1 Å². The van der Waals surface area contributed by atoms with Crippen molar-refractivity contribution in [3.8, 4) is 11.5 Å². The molecule has 29 heavy (non-hydrogen) atoms. The Labute approximate surface area is 168 Å². The molecule has 2 heterocycles. The van der Waals surface area contributed by atoms with E-state index < -0.39 is 4.92 Å². The van der Waals surface area contributed by atoms with Gasteiger partial charge in [-0.25, -0.2) is 0 Å². The van der Waals surface area contributed by atoms with Gasteiger partial charge in [0.05, 0.1) is 11.5 Å². The highest BCUT2D eigenvalue weighted by Gasteiger charge is 2.24. The summed E-state index contributed by atoms with van der Waals surface area (Å²) in [6.45, 7) is 2.17. The number of carbonyl (C=O) groups excluding carboxylic acids is 1. The van der Waals surface area contributed by atoms with Crippen molar-refractivity contribution in [2.24, 2.45) is 0 Å². The molecule has 2 aromatic rings. The van der Waals surface area contributed by atoms with Crippen LogP contribution in [0.15, 0.2) is 42.5 Å². The van der Waals surface area contributed by atoms with E-state index >= 15 is 0 Å². The van der Waals surface area contributed by atoms with Crippen molar-refractivity contribution in [2.45, 2.75) is 25.4 Å². The summed E-state index contributed by atoms with van der Waals surface area (Å²) >= 11 is 0. The summed E-state index contributed by atoms with van der Waals surface area (Å²) in [5, 5.41) is 14.4. The van der Waals surface area contributed by atoms with Gasteiger partial charge < -0.3 is 19.7 Å². The molecule has 0 spiro atoms. The number of ether oxygens (including phenoxy) is 2. The number of carbonyl (C=O) groups is 1. The summed E-state index contributed by atoms with van der Waals surface area (Å²) in [7, 11) is 0. The number of anilines is 1. The SMILES string of the molecule is O=C(NC[C@@H]1COc2ccccc2O1)c1ccc(N2CCCCC2)c([N+](=O)[O-])c1. The second kappa shape index (κ2) is 8.38. The Kier molecular flexibility index (Phi) is 5.50. The molecule has 1 fully saturated rings. The third-order valence-corrected chi connectivity index (χ3v) is 5.19. The lowest BCUT2D eigenvalue weighted by molar-refractivity contribution is -0.384. The van der Waals surface area contributed by atoms with E-state index in [-0.39, 0.29) is 29.8 Å². The number of nitro benzene ring substituents is 1. The molecule has 1 saturated heterocycles. The zero-order chi connectivity index (χ0) is 20.2. The van der Waals surface area contributed by atoms with E-state index in [0.717, 1.165) is 32.4 Å². The van der Waals surface area contributed by atoms with Crippen LogP contribution >= 0.6 is 0 Å². The number of fused-ring (bicyclic) bond motifs is 1. The van der Waals surface area contributed by atoms with Gasteiger partial charge in [-0.15, -0.1) is 0 Å². The van der Waals surface area contributed by atoms with E-state index in [1.165, 1.54) is 6.07 Å². The van der Waals surface area contributed by atoms with Crippen molar-refractivity contribution in [1.82, 2.24) is 5.32 Å². The topological polar surface area (TPSA) is 93.9 Å². The van der Waals surface area contributed by atoms with Gasteiger partial charge in [0.1, 0.15) is 18.4 Å². The number of hydrogen-bond donors (Lipinski definition) is 1. The quantitative estimate of drug-likeness (QED) is 0.615. The predicted molar refractivity (Wildman–Crippen MR) is 108 cm³/mol. The van der Waals surface area contributed by atoms with Crippen molar-refractivity contribution in [1.29, 1.82) is 0 Å². The van der Waals surface area contributed by atoms with Gasteiger partial charge in [-0.3, -0.25) is 14.9 Å². The van der Waals surface area contributed by atoms with Crippen LogP contribution in [0.1, 0.15) is 29.6 Å². The standard InChI is InChI=1S/C21H23N3O5/c25-21(22-13-16-14-28-19-6-2-3-7-20(19)29-16)15-8-9-17(18(12-15)24(26)27)23-10-4-1-5-11-23/h2-3,6-9,12,16H,1,4-5,10-11,13-14H2,(H,22,25)/t16-/m1/s1. The minimum atomic E-state index is -0.421. The van der Waals surface area contributed by atoms with Crippen molar-refractivity contribution < 1.29 is 19.2 Å². The van der Waals surface area contributed by atoms with E-state index in [0.29, 0.717) is 23.8 Å². The molecule has 1 amide bonds. The molecule has 0 aromatic heterocycles. The van der Waals surface area contributed by atoms with E-state index in [2.05, 4.69) is 5.32 Å². The largest absolute Gasteiger partial charge is 0.486 e. The summed E-state index contributed by atoms with van der Waals surface area (Å²) in [5.74, 6) is 0.944. The lowest BCUT2D eigenvalue weighted by Crippen LogP contribution is -2.40. The van der Waals surface area contributed by atoms with E-state index in [1.54, 1.807) is 12.1 Å². The Morgan fingerprint density at radius 3 is 2.66 bits per heavy atom. The zero-order valence-electron chi connectivity index (χ0n) is 16.0. The Hall–Kier alpha value is -3.29. The highest BCUT2D eigenvalue weighted by molar-refractivity contribution is 5.95. The van der Waals surface area contributed by atoms with E-state index in [4.69, 9.17) is 9.47 Å². The number of nitrogens with zero attached hydrogens (tertiary/aromatic N) is 2. The molecule has 2 aliphatic rings. The summed E-state index contributed by atoms with van der Waals surface area (Å²) in [4.78, 5) is 25.7. The van der Waals surface area contributed by atoms with Crippen molar-refractivity contribution in [2.75, 3.05) is 31.1 Å². The van der Waals surface area contributed by atoms with Crippen molar-refractivity contribution in [3.63, 3.8) is 0 Å². The fraction of sp³-hybridized carbons (Fsp3) is 0.381. The Bertz CT molecular complexity index is 911. The minimum absolute atomic E-state index is 0.0364. The van der Waals surface area contributed by atoms with Gasteiger partial charge in [0, 0.05) is 24.7 Å². The maximum Gasteiger partial charge on any atom is 0.293 e. The maximum absolute atomic E-state index is 12.6. The number of hydrogen-bond acceptors (Lipinski definition) is 6. The number of para-hydroxylation sites is 2. The summed E-state index contributed by atoms with van der Waals surface area (Å²) in [5.41, 5.74) is 0.798. The first-order valence-electron chi connectivity index (χ1n) is 9.82. The second-order valence-corrected chi connectivity index (χ2v) is 7.22. The number of benzene rings is 2. The molecule has 0 saturated carbocycles. The molecule has 0 unspecified atom stereocenters. The molecule has 8 heteroatoms. The first kappa shape index (κ1) is 19.0. The van der Waals surface area contributed by atoms with E-state index in [9.17, 15) is 14.9 Å². The molecule has 2 aliphatic heterocycles. The van der Waals surface area contributed by atoms with Crippen LogP contribution in [-0.4, -0.2) is 43.2 Å². The van der Waals surface area contributed by atoms with Crippen LogP contribution in [0.2, 0.25) is 0 Å². The third kappa shape index (κ3) is 4.26. The van der Waals surface area contributed by atoms with Crippen LogP contribution in [-0.2, 0) is 0 Å². The number of nitro groups is 1. The molecule has 0 bridgehead atoms. The van der Waals surface area contributed by atoms with Crippen LogP contribution in [0, 0.1) is 10.1 Å². The van der Waals surface area contributed by atoms with Crippen LogP contribution in [0.3, 0.4) is 0 Å². The smallest absolute Gasteiger partial charge is 0.293 e. The van der Waals surface area contributed by atoms with Gasteiger partial charge in [-0.05, 0) is 43.5 Å². The normalized spacial score (nSPS) is 18.2. The summed E-state index contributed by atoms with van der Waals surface area (Å²) < 4.78 is 11.5. The lowest BCUT2D eigenvalue weighted by atomic mass is 10.1. The first-order chi connectivity index (χ1) is 14.1. The average molecular weight is 397 g/mol. The van der Waals surface area contributed by atoms with Gasteiger partial charge in [0.15, 0.2) is 11.5 Å². The number of amides is 1. The van der Waals surface area contributed by atoms with Crippen molar-refractivity contribution in [3.05, 3.63) is 58.1 Å². The molecular formula is C21H23N3O5. The highest BCUT2D eigenvalue weighted by Crippen LogP contribution is 2.32. The Morgan fingerprint density at radius 2 is 1.90 bits per heavy atom. The zero-order valence-corrected chi connectivity index (χ0v) is 16.0. The number of rotatable bonds is 5. The third-order valence-electron chi connectivity index (χ3n) is 5.19. The van der Waals surface area contributed by atoms with Gasteiger partial charge in [-0.2, -0.15) is 0 Å². The molecule has 0 aliphatic carbocycles. The van der Waals surface area contributed by atoms with Gasteiger partial charge in [0.2, 0.25) is 0 Å². The second-order valence-electron chi connectivity index (χ2n) is 7.22. The fourth-order valence-corrected chi connectivity index (χ4v) is 3.69. The highest BCUT2D eigenvalue weighted by atomic mass is 16.6. The van der Waals surface area contributed by atoms with Crippen LogP contribution in [0.25, 0.3) is 0 Å². The van der Waals surface area contributed by atoms with E-state index in [1.807, 2.05) is 29.2 Å². The minimum Gasteiger partial charge on any atom is -0.486 e. The molecule has 2 aromatic carbocycles. The maximum atomic E-state index is 12.6. The first-order valence-corrected chi connectivity index (χ1v) is 9.82. The molecule has 1 N–H and O–H groups in total. The fourth-order valence-electron chi connectivity index (χ4n) is 3.69. The predicted octanol–water partition coefficient (Wildman–Crippen LogP) is 3.15. The lowest BCUT2D eigenvalue weighted by Gasteiger charge is -2.28. The number of nitrogens with one attached hydrogen (secondary N) is 1. The van der Waals surface area contributed by atoms with Crippen LogP contribution < -0.4 is 19.7 Å². The van der Waals surface area contributed by atoms with Crippen molar-refractivity contribution >= 4 is 17.3 Å². The molecule has 4 rings (SSSR count). The van der Waals surface area contributed by atoms with Crippen LogP contribution in [0.4, 0.5) is 11.4 Å².